The van der Waals surface area contributed by atoms with Gasteiger partial charge >= 0.3 is 0 Å². The van der Waals surface area contributed by atoms with E-state index < -0.39 is 10.0 Å². The van der Waals surface area contributed by atoms with E-state index in [1.165, 1.54) is 16.4 Å². The Morgan fingerprint density at radius 3 is 2.60 bits per heavy atom. The van der Waals surface area contributed by atoms with Crippen molar-refractivity contribution in [1.29, 1.82) is 5.26 Å². The molecule has 1 aliphatic heterocycles. The quantitative estimate of drug-likeness (QED) is 0.853. The molecule has 0 amide bonds. The van der Waals surface area contributed by atoms with E-state index in [-0.39, 0.29) is 36.3 Å². The van der Waals surface area contributed by atoms with E-state index in [9.17, 15) is 13.5 Å². The summed E-state index contributed by atoms with van der Waals surface area (Å²) >= 11 is 0. The van der Waals surface area contributed by atoms with E-state index in [1.807, 2.05) is 19.3 Å². The van der Waals surface area contributed by atoms with E-state index in [0.29, 0.717) is 6.54 Å². The molecule has 25 heavy (non-hydrogen) atoms. The summed E-state index contributed by atoms with van der Waals surface area (Å²) in [6.07, 6.45) is 3.83. The van der Waals surface area contributed by atoms with Crippen molar-refractivity contribution in [2.75, 3.05) is 19.7 Å². The average Bonchev–Trinajstić information content (AvgIpc) is 3.21. The lowest BCUT2D eigenvalue weighted by molar-refractivity contribution is 0.223. The molecule has 1 aromatic heterocycles. The molecule has 1 saturated heterocycles. The monoisotopic (exact) mass is 360 g/mol. The van der Waals surface area contributed by atoms with Gasteiger partial charge in [0, 0.05) is 44.8 Å². The zero-order chi connectivity index (χ0) is 18.0. The van der Waals surface area contributed by atoms with Crippen molar-refractivity contribution in [2.45, 2.75) is 17.2 Å². The van der Waals surface area contributed by atoms with Gasteiger partial charge in [0.2, 0.25) is 10.0 Å². The Labute approximate surface area is 147 Å². The van der Waals surface area contributed by atoms with Crippen molar-refractivity contribution in [3.63, 3.8) is 0 Å². The Bertz CT molecular complexity index is 883. The van der Waals surface area contributed by atoms with Crippen molar-refractivity contribution in [3.05, 3.63) is 47.8 Å². The van der Waals surface area contributed by atoms with Crippen LogP contribution in [-0.4, -0.2) is 47.3 Å². The maximum atomic E-state index is 12.9. The first-order chi connectivity index (χ1) is 12.0. The van der Waals surface area contributed by atoms with Crippen LogP contribution in [0.3, 0.4) is 0 Å². The largest absolute Gasteiger partial charge is 0.396 e. The molecule has 0 bridgehead atoms. The fourth-order valence-electron chi connectivity index (χ4n) is 3.24. The molecule has 0 radical (unpaired) electrons. The molecule has 8 heteroatoms. The first-order valence-corrected chi connectivity index (χ1v) is 9.45. The molecule has 1 fully saturated rings. The van der Waals surface area contributed by atoms with Crippen LogP contribution in [0.2, 0.25) is 0 Å². The minimum atomic E-state index is -3.64. The summed E-state index contributed by atoms with van der Waals surface area (Å²) in [5.74, 6) is -0.233. The lowest BCUT2D eigenvalue weighted by atomic mass is 9.92. The minimum Gasteiger partial charge on any atom is -0.396 e. The number of hydrogen-bond donors (Lipinski definition) is 1. The lowest BCUT2D eigenvalue weighted by Gasteiger charge is -2.16. The van der Waals surface area contributed by atoms with E-state index in [1.54, 1.807) is 23.0 Å². The topological polar surface area (TPSA) is 99.2 Å². The van der Waals surface area contributed by atoms with Crippen LogP contribution >= 0.6 is 0 Å². The van der Waals surface area contributed by atoms with Gasteiger partial charge in [-0.05, 0) is 23.3 Å². The number of aryl methyl sites for hydroxylation is 1. The molecule has 0 saturated carbocycles. The molecular formula is C17H20N4O3S. The number of aliphatic hydroxyl groups is 1. The predicted molar refractivity (Wildman–Crippen MR) is 91.0 cm³/mol. The molecule has 2 heterocycles. The lowest BCUT2D eigenvalue weighted by Crippen LogP contribution is -2.29. The third kappa shape index (κ3) is 3.44. The Morgan fingerprint density at radius 2 is 2.04 bits per heavy atom. The molecule has 1 N–H and O–H groups in total. The highest BCUT2D eigenvalue weighted by atomic mass is 32.2. The van der Waals surface area contributed by atoms with Gasteiger partial charge in [-0.3, -0.25) is 4.68 Å². The highest BCUT2D eigenvalue weighted by molar-refractivity contribution is 7.89. The second-order valence-electron chi connectivity index (χ2n) is 6.30. The fourth-order valence-corrected chi connectivity index (χ4v) is 4.76. The van der Waals surface area contributed by atoms with Crippen LogP contribution in [-0.2, 0) is 23.5 Å². The second kappa shape index (κ2) is 6.96. The Morgan fingerprint density at radius 1 is 1.32 bits per heavy atom. The highest BCUT2D eigenvalue weighted by Gasteiger charge is 2.40. The number of benzene rings is 1. The van der Waals surface area contributed by atoms with Crippen molar-refractivity contribution in [3.8, 4) is 6.07 Å². The van der Waals surface area contributed by atoms with Gasteiger partial charge in [0.1, 0.15) is 0 Å². The third-order valence-corrected chi connectivity index (χ3v) is 6.49. The van der Waals surface area contributed by atoms with Gasteiger partial charge in [0.25, 0.3) is 0 Å². The smallest absolute Gasteiger partial charge is 0.243 e. The minimum absolute atomic E-state index is 0.0767. The summed E-state index contributed by atoms with van der Waals surface area (Å²) in [5.41, 5.74) is 1.72. The maximum absolute atomic E-state index is 12.9. The first kappa shape index (κ1) is 17.6. The van der Waals surface area contributed by atoms with Gasteiger partial charge in [0.15, 0.2) is 0 Å². The van der Waals surface area contributed by atoms with Crippen molar-refractivity contribution < 1.29 is 13.5 Å². The van der Waals surface area contributed by atoms with E-state index >= 15 is 0 Å². The number of rotatable bonds is 5. The van der Waals surface area contributed by atoms with Crippen LogP contribution in [0.15, 0.2) is 41.6 Å². The SMILES string of the molecule is Cn1cc([C@@H]2CN(S(=O)(=O)c3ccc(CC#N)cc3)C[C@H]2CO)cn1. The van der Waals surface area contributed by atoms with Crippen molar-refractivity contribution >= 4 is 10.0 Å². The second-order valence-corrected chi connectivity index (χ2v) is 8.24. The summed E-state index contributed by atoms with van der Waals surface area (Å²) in [6.45, 7) is 0.518. The molecule has 2 atom stereocenters. The molecule has 1 aliphatic rings. The number of aliphatic hydroxyl groups excluding tert-OH is 1. The van der Waals surface area contributed by atoms with Crippen molar-refractivity contribution in [2.24, 2.45) is 13.0 Å². The summed E-state index contributed by atoms with van der Waals surface area (Å²) in [7, 11) is -1.83. The number of aromatic nitrogens is 2. The number of nitrogens with zero attached hydrogens (tertiary/aromatic N) is 4. The van der Waals surface area contributed by atoms with Crippen LogP contribution in [0.25, 0.3) is 0 Å². The number of hydrogen-bond acceptors (Lipinski definition) is 5. The molecule has 2 aromatic rings. The van der Waals surface area contributed by atoms with E-state index in [2.05, 4.69) is 5.10 Å². The van der Waals surface area contributed by atoms with Gasteiger partial charge in [0.05, 0.1) is 23.6 Å². The average molecular weight is 360 g/mol. The number of nitriles is 1. The standard InChI is InChI=1S/C17H20N4O3S/c1-20-9-14(8-19-20)17-11-21(10-15(17)12-22)25(23,24)16-4-2-13(3-5-16)6-7-18/h2-5,8-9,15,17,22H,6,10-12H2,1H3/t15-,17-/m0/s1. The molecule has 7 nitrogen and oxygen atoms in total. The summed E-state index contributed by atoms with van der Waals surface area (Å²) in [5, 5.41) is 22.5. The Hall–Kier alpha value is -2.21. The van der Waals surface area contributed by atoms with Crippen LogP contribution in [0.5, 0.6) is 0 Å². The highest BCUT2D eigenvalue weighted by Crippen LogP contribution is 2.35. The summed E-state index contributed by atoms with van der Waals surface area (Å²) in [4.78, 5) is 0.206. The van der Waals surface area contributed by atoms with Gasteiger partial charge in [-0.25, -0.2) is 8.42 Å². The molecule has 132 valence electrons. The molecule has 0 aliphatic carbocycles. The molecule has 3 rings (SSSR count). The number of sulfonamides is 1. The summed E-state index contributed by atoms with van der Waals surface area (Å²) < 4.78 is 28.9. The molecule has 0 spiro atoms. The van der Waals surface area contributed by atoms with E-state index in [0.717, 1.165) is 11.1 Å². The van der Waals surface area contributed by atoms with Crippen LogP contribution in [0.1, 0.15) is 17.0 Å². The van der Waals surface area contributed by atoms with Gasteiger partial charge in [-0.15, -0.1) is 0 Å². The predicted octanol–water partition coefficient (Wildman–Crippen LogP) is 0.883. The molecular weight excluding hydrogens is 340 g/mol. The first-order valence-electron chi connectivity index (χ1n) is 8.01. The third-order valence-electron chi connectivity index (χ3n) is 4.64. The zero-order valence-electron chi connectivity index (χ0n) is 13.9. The van der Waals surface area contributed by atoms with Crippen molar-refractivity contribution in [1.82, 2.24) is 14.1 Å². The van der Waals surface area contributed by atoms with Gasteiger partial charge < -0.3 is 5.11 Å². The van der Waals surface area contributed by atoms with Crippen LogP contribution in [0, 0.1) is 17.2 Å². The van der Waals surface area contributed by atoms with E-state index in [4.69, 9.17) is 5.26 Å². The Kier molecular flexibility index (Phi) is 4.90. The van der Waals surface area contributed by atoms with Crippen LogP contribution < -0.4 is 0 Å². The van der Waals surface area contributed by atoms with Gasteiger partial charge in [-0.2, -0.15) is 14.7 Å². The molecule has 1 aromatic carbocycles. The normalized spacial score (nSPS) is 21.3. The van der Waals surface area contributed by atoms with Crippen LogP contribution in [0.4, 0.5) is 0 Å². The summed E-state index contributed by atoms with van der Waals surface area (Å²) in [6, 6.07) is 8.43. The Balaban J connectivity index is 1.84. The zero-order valence-corrected chi connectivity index (χ0v) is 14.7. The maximum Gasteiger partial charge on any atom is 0.243 e. The fraction of sp³-hybridized carbons (Fsp3) is 0.412. The van der Waals surface area contributed by atoms with Gasteiger partial charge in [-0.1, -0.05) is 12.1 Å². The molecule has 0 unspecified atom stereocenters.